The average Bonchev–Trinajstić information content (AvgIpc) is 2.99. The summed E-state index contributed by atoms with van der Waals surface area (Å²) in [5.41, 5.74) is 6.28. The van der Waals surface area contributed by atoms with E-state index in [4.69, 9.17) is 5.73 Å². The zero-order valence-corrected chi connectivity index (χ0v) is 12.4. The van der Waals surface area contributed by atoms with Crippen molar-refractivity contribution in [2.75, 3.05) is 17.6 Å². The number of aromatic nitrogens is 3. The normalized spacial score (nSPS) is 14.1. The van der Waals surface area contributed by atoms with Gasteiger partial charge >= 0.3 is 0 Å². The molecule has 0 radical (unpaired) electrons. The molecule has 0 atom stereocenters. The third kappa shape index (κ3) is 3.52. The number of anilines is 2. The molecule has 2 heterocycles. The third-order valence-electron chi connectivity index (χ3n) is 3.29. The number of hydrogen-bond donors (Lipinski definition) is 4. The number of H-pyrrole nitrogens is 1. The molecule has 8 heteroatoms. The summed E-state index contributed by atoms with van der Waals surface area (Å²) >= 11 is 1.23. The Hall–Kier alpha value is -2.09. The molecule has 0 spiro atoms. The fraction of sp³-hybridized carbons (Fsp3) is 0.462. The molecule has 0 saturated heterocycles. The molecule has 1 aliphatic carbocycles. The van der Waals surface area contributed by atoms with E-state index in [2.05, 4.69) is 25.0 Å². The van der Waals surface area contributed by atoms with Crippen molar-refractivity contribution < 1.29 is 4.79 Å². The van der Waals surface area contributed by atoms with Crippen molar-refractivity contribution in [1.29, 1.82) is 0 Å². The van der Waals surface area contributed by atoms with Gasteiger partial charge in [-0.25, -0.2) is 4.98 Å². The summed E-state index contributed by atoms with van der Waals surface area (Å²) < 4.78 is 4.07. The van der Waals surface area contributed by atoms with Gasteiger partial charge in [-0.15, -0.1) is 0 Å². The van der Waals surface area contributed by atoms with E-state index in [0.717, 1.165) is 43.1 Å². The molecule has 2 aromatic rings. The van der Waals surface area contributed by atoms with E-state index < -0.39 is 0 Å². The molecule has 1 saturated carbocycles. The Morgan fingerprint density at radius 1 is 1.52 bits per heavy atom. The number of nitrogens with one attached hydrogen (secondary N) is 3. The second-order valence-electron chi connectivity index (χ2n) is 5.09. The zero-order valence-electron chi connectivity index (χ0n) is 11.6. The van der Waals surface area contributed by atoms with Crippen LogP contribution in [0.2, 0.25) is 0 Å². The highest BCUT2D eigenvalue weighted by Gasteiger charge is 2.27. The highest BCUT2D eigenvalue weighted by molar-refractivity contribution is 7.11. The second kappa shape index (κ2) is 6.13. The van der Waals surface area contributed by atoms with Crippen molar-refractivity contribution in [2.24, 2.45) is 0 Å². The molecule has 1 fully saturated rings. The first-order valence-electron chi connectivity index (χ1n) is 7.02. The lowest BCUT2D eigenvalue weighted by molar-refractivity contribution is 0.0953. The number of carbonyl (C=O) groups is 1. The lowest BCUT2D eigenvalue weighted by atomic mass is 10.2. The standard InChI is InChI=1S/C13H18N6OS/c14-11-10(12(20)18-8-3-4-8)13(21-19-11)17-5-1-2-9-15-6-7-16-9/h6-8,17H,1-5H2,(H2,14,19)(H,15,16)(H,18,20). The molecule has 112 valence electrons. The Morgan fingerprint density at radius 3 is 3.10 bits per heavy atom. The number of imidazole rings is 1. The molecule has 0 unspecified atom stereocenters. The maximum absolute atomic E-state index is 12.1. The molecular weight excluding hydrogens is 288 g/mol. The van der Waals surface area contributed by atoms with Gasteiger partial charge < -0.3 is 21.4 Å². The summed E-state index contributed by atoms with van der Waals surface area (Å²) in [5, 5.41) is 6.93. The Balaban J connectivity index is 1.53. The van der Waals surface area contributed by atoms with Gasteiger partial charge in [0.05, 0.1) is 0 Å². The Labute approximate surface area is 126 Å². The number of nitrogens with zero attached hydrogens (tertiary/aromatic N) is 2. The summed E-state index contributed by atoms with van der Waals surface area (Å²) in [7, 11) is 0. The van der Waals surface area contributed by atoms with E-state index >= 15 is 0 Å². The van der Waals surface area contributed by atoms with Crippen LogP contribution in [0.1, 0.15) is 35.4 Å². The predicted octanol–water partition coefficient (Wildman–Crippen LogP) is 1.39. The van der Waals surface area contributed by atoms with Crippen LogP contribution in [0.15, 0.2) is 12.4 Å². The molecule has 1 amide bonds. The first-order valence-corrected chi connectivity index (χ1v) is 7.79. The van der Waals surface area contributed by atoms with Gasteiger partial charge in [0.1, 0.15) is 16.4 Å². The van der Waals surface area contributed by atoms with Gasteiger partial charge in [0, 0.05) is 31.4 Å². The van der Waals surface area contributed by atoms with Crippen LogP contribution in [0.25, 0.3) is 0 Å². The van der Waals surface area contributed by atoms with Crippen LogP contribution in [0.3, 0.4) is 0 Å². The molecule has 21 heavy (non-hydrogen) atoms. The maximum atomic E-state index is 12.1. The monoisotopic (exact) mass is 306 g/mol. The first-order chi connectivity index (χ1) is 10.2. The average molecular weight is 306 g/mol. The minimum atomic E-state index is -0.128. The first kappa shape index (κ1) is 13.9. The molecule has 3 rings (SSSR count). The van der Waals surface area contributed by atoms with Gasteiger partial charge in [-0.2, -0.15) is 4.37 Å². The van der Waals surface area contributed by atoms with Crippen molar-refractivity contribution >= 4 is 28.3 Å². The maximum Gasteiger partial charge on any atom is 0.258 e. The van der Waals surface area contributed by atoms with Crippen molar-refractivity contribution in [2.45, 2.75) is 31.7 Å². The molecule has 0 aliphatic heterocycles. The minimum absolute atomic E-state index is 0.128. The molecule has 7 nitrogen and oxygen atoms in total. The van der Waals surface area contributed by atoms with Crippen LogP contribution >= 0.6 is 11.5 Å². The van der Waals surface area contributed by atoms with Gasteiger partial charge in [-0.05, 0) is 30.8 Å². The molecule has 5 N–H and O–H groups in total. The molecule has 0 bridgehead atoms. The van der Waals surface area contributed by atoms with Gasteiger partial charge in [-0.1, -0.05) is 0 Å². The number of carbonyl (C=O) groups excluding carboxylic acids is 1. The van der Waals surface area contributed by atoms with E-state index in [1.54, 1.807) is 6.20 Å². The number of nitrogens with two attached hydrogens (primary N) is 1. The fourth-order valence-corrected chi connectivity index (χ4v) is 2.76. The number of amides is 1. The van der Waals surface area contributed by atoms with E-state index in [-0.39, 0.29) is 5.91 Å². The fourth-order valence-electron chi connectivity index (χ4n) is 2.02. The highest BCUT2D eigenvalue weighted by atomic mass is 32.1. The van der Waals surface area contributed by atoms with E-state index in [9.17, 15) is 4.79 Å². The highest BCUT2D eigenvalue weighted by Crippen LogP contribution is 2.28. The van der Waals surface area contributed by atoms with Crippen LogP contribution < -0.4 is 16.4 Å². The lowest BCUT2D eigenvalue weighted by Crippen LogP contribution is -2.26. The Kier molecular flexibility index (Phi) is 4.05. The van der Waals surface area contributed by atoms with Gasteiger partial charge in [0.25, 0.3) is 5.91 Å². The lowest BCUT2D eigenvalue weighted by Gasteiger charge is -2.07. The Morgan fingerprint density at radius 2 is 2.38 bits per heavy atom. The summed E-state index contributed by atoms with van der Waals surface area (Å²) in [6.07, 6.45) is 7.43. The van der Waals surface area contributed by atoms with Crippen molar-refractivity contribution in [3.8, 4) is 0 Å². The van der Waals surface area contributed by atoms with Crippen LogP contribution in [-0.2, 0) is 6.42 Å². The minimum Gasteiger partial charge on any atom is -0.382 e. The predicted molar refractivity (Wildman–Crippen MR) is 82.4 cm³/mol. The quantitative estimate of drug-likeness (QED) is 0.578. The summed E-state index contributed by atoms with van der Waals surface area (Å²) in [4.78, 5) is 19.4. The zero-order chi connectivity index (χ0) is 14.7. The van der Waals surface area contributed by atoms with Gasteiger partial charge in [-0.3, -0.25) is 4.79 Å². The topological polar surface area (TPSA) is 109 Å². The smallest absolute Gasteiger partial charge is 0.258 e. The third-order valence-corrected chi connectivity index (χ3v) is 4.11. The SMILES string of the molecule is Nc1nsc(NCCCc2ncc[nH]2)c1C(=O)NC1CC1. The number of hydrogen-bond acceptors (Lipinski definition) is 6. The van der Waals surface area contributed by atoms with Gasteiger partial charge in [0.2, 0.25) is 0 Å². The van der Waals surface area contributed by atoms with Gasteiger partial charge in [0.15, 0.2) is 5.82 Å². The molecular formula is C13H18N6OS. The van der Waals surface area contributed by atoms with Crippen LogP contribution in [0, 0.1) is 0 Å². The van der Waals surface area contributed by atoms with Crippen LogP contribution in [0.5, 0.6) is 0 Å². The number of aromatic amines is 1. The molecule has 1 aliphatic rings. The summed E-state index contributed by atoms with van der Waals surface area (Å²) in [5.74, 6) is 1.14. The van der Waals surface area contributed by atoms with Crippen molar-refractivity contribution in [3.05, 3.63) is 23.8 Å². The van der Waals surface area contributed by atoms with E-state index in [1.165, 1.54) is 11.5 Å². The number of rotatable bonds is 7. The van der Waals surface area contributed by atoms with E-state index in [0.29, 0.717) is 17.4 Å². The van der Waals surface area contributed by atoms with Crippen molar-refractivity contribution in [1.82, 2.24) is 19.7 Å². The number of aryl methyl sites for hydroxylation is 1. The van der Waals surface area contributed by atoms with Crippen LogP contribution in [0.4, 0.5) is 10.8 Å². The second-order valence-corrected chi connectivity index (χ2v) is 5.86. The summed E-state index contributed by atoms with van der Waals surface area (Å²) in [6.45, 7) is 0.742. The summed E-state index contributed by atoms with van der Waals surface area (Å²) in [6, 6.07) is 0.309. The van der Waals surface area contributed by atoms with Crippen molar-refractivity contribution in [3.63, 3.8) is 0 Å². The molecule has 2 aromatic heterocycles. The number of nitrogen functional groups attached to an aromatic ring is 1. The largest absolute Gasteiger partial charge is 0.382 e. The van der Waals surface area contributed by atoms with Crippen LogP contribution in [-0.4, -0.2) is 32.8 Å². The molecule has 0 aromatic carbocycles. The van der Waals surface area contributed by atoms with E-state index in [1.807, 2.05) is 6.20 Å². The Bertz CT molecular complexity index is 604.